The van der Waals surface area contributed by atoms with Crippen LogP contribution in [-0.4, -0.2) is 26.7 Å². The fourth-order valence-electron chi connectivity index (χ4n) is 6.03. The van der Waals surface area contributed by atoms with Crippen molar-refractivity contribution in [3.8, 4) is 11.4 Å². The maximum atomic E-state index is 15.0. The number of fused-ring (bicyclic) bond motifs is 5. The van der Waals surface area contributed by atoms with E-state index >= 15 is 0 Å². The molecule has 2 aromatic carbocycles. The average Bonchev–Trinajstić information content (AvgIpc) is 3.35. The number of aryl methyl sites for hydroxylation is 1. The van der Waals surface area contributed by atoms with E-state index in [0.717, 1.165) is 5.56 Å². The van der Waals surface area contributed by atoms with E-state index in [-0.39, 0.29) is 37.3 Å². The van der Waals surface area contributed by atoms with Crippen LogP contribution in [0, 0.1) is 19.7 Å². The van der Waals surface area contributed by atoms with E-state index in [2.05, 4.69) is 5.32 Å². The summed E-state index contributed by atoms with van der Waals surface area (Å²) in [6, 6.07) is 11.7. The molecule has 1 amide bonds. The lowest BCUT2D eigenvalue weighted by Crippen LogP contribution is -2.44. The lowest BCUT2D eigenvalue weighted by Gasteiger charge is -2.31. The third-order valence-corrected chi connectivity index (χ3v) is 8.51. The second-order valence-electron chi connectivity index (χ2n) is 10.9. The molecule has 0 bridgehead atoms. The molecule has 2 aromatic heterocycles. The molecule has 9 nitrogen and oxygen atoms in total. The lowest BCUT2D eigenvalue weighted by molar-refractivity contribution is -0.172. The number of rotatable bonds is 5. The predicted molar refractivity (Wildman–Crippen MR) is 152 cm³/mol. The van der Waals surface area contributed by atoms with Gasteiger partial charge in [0.25, 0.3) is 5.56 Å². The molecule has 0 unspecified atom stereocenters. The number of halogens is 1. The molecule has 2 N–H and O–H groups in total. The molecule has 2 aliphatic rings. The number of aliphatic hydroxyl groups is 1. The summed E-state index contributed by atoms with van der Waals surface area (Å²) in [6.07, 6.45) is -0.617. The van der Waals surface area contributed by atoms with Crippen LogP contribution in [-0.2, 0) is 39.6 Å². The van der Waals surface area contributed by atoms with E-state index < -0.39 is 35.1 Å². The summed E-state index contributed by atoms with van der Waals surface area (Å²) in [5.41, 5.74) is 2.53. The number of aromatic nitrogens is 2. The molecule has 6 rings (SSSR count). The number of hydrogen-bond donors (Lipinski definition) is 2. The summed E-state index contributed by atoms with van der Waals surface area (Å²) in [5.74, 6) is -1.24. The summed E-state index contributed by atoms with van der Waals surface area (Å²) >= 11 is 0. The Balaban J connectivity index is 1.49. The smallest absolute Gasteiger partial charge is 0.407 e. The molecule has 4 heterocycles. The number of carbonyl (C=O) groups is 2. The van der Waals surface area contributed by atoms with Gasteiger partial charge in [0.2, 0.25) is 0 Å². The van der Waals surface area contributed by atoms with E-state index in [1.165, 1.54) is 10.6 Å². The highest BCUT2D eigenvalue weighted by molar-refractivity contribution is 5.92. The molecule has 2 atom stereocenters. The Morgan fingerprint density at radius 1 is 1.19 bits per heavy atom. The first-order chi connectivity index (χ1) is 20.0. The highest BCUT2D eigenvalue weighted by Crippen LogP contribution is 2.42. The Bertz CT molecular complexity index is 1850. The number of nitrogens with one attached hydrogen (secondary N) is 1. The zero-order valence-electron chi connectivity index (χ0n) is 23.7. The van der Waals surface area contributed by atoms with E-state index in [0.29, 0.717) is 44.5 Å². The van der Waals surface area contributed by atoms with Crippen molar-refractivity contribution in [3.63, 3.8) is 0 Å². The van der Waals surface area contributed by atoms with Gasteiger partial charge < -0.3 is 24.5 Å². The van der Waals surface area contributed by atoms with E-state index in [4.69, 9.17) is 14.5 Å². The predicted octanol–water partition coefficient (Wildman–Crippen LogP) is 4.82. The summed E-state index contributed by atoms with van der Waals surface area (Å²) in [4.78, 5) is 43.9. The highest BCUT2D eigenvalue weighted by atomic mass is 19.1. The molecule has 2 aliphatic heterocycles. The average molecular weight is 572 g/mol. The first kappa shape index (κ1) is 27.6. The number of ether oxygens (including phenoxy) is 2. The van der Waals surface area contributed by atoms with Gasteiger partial charge in [-0.3, -0.25) is 4.79 Å². The Kier molecular flexibility index (Phi) is 6.61. The van der Waals surface area contributed by atoms with Crippen molar-refractivity contribution in [2.45, 2.75) is 65.5 Å². The largest absolute Gasteiger partial charge is 0.458 e. The number of esters is 1. The molecule has 4 aromatic rings. The number of hydrogen-bond acceptors (Lipinski definition) is 7. The van der Waals surface area contributed by atoms with Crippen LogP contribution in [0.2, 0.25) is 0 Å². The first-order valence-corrected chi connectivity index (χ1v) is 13.8. The quantitative estimate of drug-likeness (QED) is 0.290. The number of cyclic esters (lactones) is 1. The summed E-state index contributed by atoms with van der Waals surface area (Å²) in [5, 5.41) is 14.8. The summed E-state index contributed by atoms with van der Waals surface area (Å²) in [7, 11) is 0. The van der Waals surface area contributed by atoms with Gasteiger partial charge in [-0.1, -0.05) is 37.3 Å². The first-order valence-electron chi connectivity index (χ1n) is 13.8. The lowest BCUT2D eigenvalue weighted by atomic mass is 9.86. The van der Waals surface area contributed by atoms with Gasteiger partial charge in [0.05, 0.1) is 35.1 Å². The van der Waals surface area contributed by atoms with Crippen LogP contribution < -0.4 is 10.9 Å². The Labute approximate surface area is 240 Å². The fourth-order valence-corrected chi connectivity index (χ4v) is 6.03. The van der Waals surface area contributed by atoms with Gasteiger partial charge in [0.15, 0.2) is 5.60 Å². The minimum atomic E-state index is -1.97. The standard InChI is InChI=1S/C32H30FN3O6/c1-5-32(40)22-11-25-28-20(13-36(25)29(37)21(22)15-41-30(32)38)27(26-17(3)16(2)23(33)12-24(26)35-28)18(4)34-31(39)42-14-19-9-7-6-8-10-19/h6-12,18,40H,5,13-15H2,1-4H3,(H,34,39)/t18-,32-/m0/s1. The van der Waals surface area contributed by atoms with Crippen LogP contribution >= 0.6 is 0 Å². The molecule has 0 aliphatic carbocycles. The number of nitrogens with zero attached hydrogens (tertiary/aromatic N) is 2. The van der Waals surface area contributed by atoms with E-state index in [1.54, 1.807) is 33.8 Å². The minimum Gasteiger partial charge on any atom is -0.458 e. The van der Waals surface area contributed by atoms with Gasteiger partial charge in [-0.15, -0.1) is 0 Å². The van der Waals surface area contributed by atoms with Crippen molar-refractivity contribution in [2.24, 2.45) is 0 Å². The number of benzene rings is 2. The van der Waals surface area contributed by atoms with Crippen molar-refractivity contribution in [2.75, 3.05) is 0 Å². The Hall–Kier alpha value is -4.57. The number of carbonyl (C=O) groups excluding carboxylic acids is 2. The number of amides is 1. The number of alkyl carbamates (subject to hydrolysis) is 1. The van der Waals surface area contributed by atoms with Crippen molar-refractivity contribution in [3.05, 3.63) is 97.6 Å². The van der Waals surface area contributed by atoms with Crippen LogP contribution in [0.1, 0.15) is 65.3 Å². The fraction of sp³-hybridized carbons (Fsp3) is 0.312. The molecular formula is C32H30FN3O6. The molecule has 0 radical (unpaired) electrons. The maximum Gasteiger partial charge on any atom is 0.407 e. The Morgan fingerprint density at radius 3 is 2.64 bits per heavy atom. The highest BCUT2D eigenvalue weighted by Gasteiger charge is 2.45. The SMILES string of the molecule is CC[C@@]1(O)C(=O)OCc2c1cc1n(c2=O)Cc2c-1nc1cc(F)c(C)c(C)c1c2[C@H](C)NC(=O)OCc1ccccc1. The van der Waals surface area contributed by atoms with Crippen molar-refractivity contribution in [1.29, 1.82) is 0 Å². The van der Waals surface area contributed by atoms with Gasteiger partial charge >= 0.3 is 12.1 Å². The second-order valence-corrected chi connectivity index (χ2v) is 10.9. The summed E-state index contributed by atoms with van der Waals surface area (Å²) < 4.78 is 27.1. The second kappa shape index (κ2) is 10.1. The van der Waals surface area contributed by atoms with Crippen molar-refractivity contribution in [1.82, 2.24) is 14.9 Å². The number of pyridine rings is 2. The topological polar surface area (TPSA) is 120 Å². The molecule has 0 fully saturated rings. The van der Waals surface area contributed by atoms with Gasteiger partial charge in [-0.2, -0.15) is 0 Å². The molecule has 0 saturated heterocycles. The van der Waals surface area contributed by atoms with Crippen LogP contribution in [0.4, 0.5) is 9.18 Å². The zero-order chi connectivity index (χ0) is 29.9. The van der Waals surface area contributed by atoms with Crippen LogP contribution in [0.25, 0.3) is 22.3 Å². The monoisotopic (exact) mass is 571 g/mol. The zero-order valence-corrected chi connectivity index (χ0v) is 23.7. The van der Waals surface area contributed by atoms with Gasteiger partial charge in [0.1, 0.15) is 19.0 Å². The Morgan fingerprint density at radius 2 is 1.93 bits per heavy atom. The van der Waals surface area contributed by atoms with Gasteiger partial charge in [-0.25, -0.2) is 19.0 Å². The van der Waals surface area contributed by atoms with E-state index in [1.807, 2.05) is 30.3 Å². The van der Waals surface area contributed by atoms with Crippen LogP contribution in [0.3, 0.4) is 0 Å². The summed E-state index contributed by atoms with van der Waals surface area (Å²) in [6.45, 7) is 6.90. The van der Waals surface area contributed by atoms with Crippen molar-refractivity contribution < 1.29 is 28.6 Å². The molecule has 42 heavy (non-hydrogen) atoms. The third kappa shape index (κ3) is 4.16. The molecule has 216 valence electrons. The molecule has 0 spiro atoms. The molecular weight excluding hydrogens is 541 g/mol. The van der Waals surface area contributed by atoms with Gasteiger partial charge in [0, 0.05) is 22.6 Å². The van der Waals surface area contributed by atoms with E-state index in [9.17, 15) is 23.9 Å². The van der Waals surface area contributed by atoms with Gasteiger partial charge in [-0.05, 0) is 55.5 Å². The molecule has 0 saturated carbocycles. The molecule has 10 heteroatoms. The van der Waals surface area contributed by atoms with Crippen LogP contribution in [0.15, 0.2) is 47.3 Å². The minimum absolute atomic E-state index is 0.0146. The maximum absolute atomic E-state index is 15.0. The third-order valence-electron chi connectivity index (χ3n) is 8.51. The van der Waals surface area contributed by atoms with Crippen LogP contribution in [0.5, 0.6) is 0 Å². The normalized spacial score (nSPS) is 17.7. The van der Waals surface area contributed by atoms with Crippen molar-refractivity contribution >= 4 is 23.0 Å².